The third kappa shape index (κ3) is 2.92. The molecule has 0 fully saturated rings. The number of carbonyl (C=O) groups excluding carboxylic acids is 1. The summed E-state index contributed by atoms with van der Waals surface area (Å²) in [7, 11) is 0. The van der Waals surface area contributed by atoms with Gasteiger partial charge in [-0.3, -0.25) is 0 Å². The molecule has 3 rings (SSSR count). The van der Waals surface area contributed by atoms with Crippen LogP contribution < -0.4 is 0 Å². The number of esters is 1. The average molecular weight is 335 g/mol. The van der Waals surface area contributed by atoms with E-state index in [9.17, 15) is 4.79 Å². The first kappa shape index (κ1) is 14.4. The fraction of sp³-hybridized carbons (Fsp3) is 0.200. The number of ether oxygens (including phenoxy) is 1. The molecule has 0 unspecified atom stereocenters. The fourth-order valence-corrected chi connectivity index (χ4v) is 4.65. The number of aromatic nitrogens is 1. The molecule has 0 radical (unpaired) electrons. The van der Waals surface area contributed by atoms with Crippen LogP contribution in [0.1, 0.15) is 22.3 Å². The lowest BCUT2D eigenvalue weighted by Crippen LogP contribution is -2.03. The molecule has 0 atom stereocenters. The Kier molecular flexibility index (Phi) is 4.19. The quantitative estimate of drug-likeness (QED) is 0.624. The Labute approximate surface area is 134 Å². The summed E-state index contributed by atoms with van der Waals surface area (Å²) in [5.74, 6) is -0.284. The highest BCUT2D eigenvalue weighted by Gasteiger charge is 2.18. The summed E-state index contributed by atoms with van der Waals surface area (Å²) >= 11 is 4.78. The van der Waals surface area contributed by atoms with Gasteiger partial charge < -0.3 is 4.74 Å². The van der Waals surface area contributed by atoms with Crippen LogP contribution in [-0.4, -0.2) is 17.6 Å². The summed E-state index contributed by atoms with van der Waals surface area (Å²) < 4.78 is 5.06. The Balaban J connectivity index is 1.91. The van der Waals surface area contributed by atoms with Crippen molar-refractivity contribution in [3.63, 3.8) is 0 Å². The van der Waals surface area contributed by atoms with Gasteiger partial charge in [0.15, 0.2) is 0 Å². The third-order valence-corrected chi connectivity index (χ3v) is 6.00. The van der Waals surface area contributed by atoms with E-state index in [2.05, 4.69) is 33.9 Å². The monoisotopic (exact) mass is 335 g/mol. The van der Waals surface area contributed by atoms with E-state index in [0.29, 0.717) is 11.5 Å². The van der Waals surface area contributed by atoms with Crippen molar-refractivity contribution in [1.82, 2.24) is 4.98 Å². The second kappa shape index (κ2) is 6.09. The number of aryl methyl sites for hydroxylation is 1. The van der Waals surface area contributed by atoms with Gasteiger partial charge >= 0.3 is 5.97 Å². The summed E-state index contributed by atoms with van der Waals surface area (Å²) in [6.07, 6.45) is 0. The summed E-state index contributed by atoms with van der Waals surface area (Å²) in [5, 5.41) is 5.08. The van der Waals surface area contributed by atoms with Crippen LogP contribution in [0.4, 0.5) is 0 Å². The van der Waals surface area contributed by atoms with Gasteiger partial charge in [-0.2, -0.15) is 11.3 Å². The van der Waals surface area contributed by atoms with Crippen LogP contribution in [0.5, 0.6) is 0 Å². The Morgan fingerprint density at radius 3 is 2.76 bits per heavy atom. The summed E-state index contributed by atoms with van der Waals surface area (Å²) in [6, 6.07) is 6.27. The number of rotatable bonds is 4. The minimum absolute atomic E-state index is 0.284. The fourth-order valence-electron chi connectivity index (χ4n) is 1.90. The smallest absolute Gasteiger partial charge is 0.350 e. The van der Waals surface area contributed by atoms with Crippen LogP contribution in [0.2, 0.25) is 0 Å². The molecule has 0 aliphatic rings. The van der Waals surface area contributed by atoms with E-state index in [4.69, 9.17) is 4.74 Å². The topological polar surface area (TPSA) is 39.2 Å². The molecule has 0 spiro atoms. The van der Waals surface area contributed by atoms with Gasteiger partial charge in [-0.1, -0.05) is 0 Å². The molecule has 3 nitrogen and oxygen atoms in total. The minimum Gasteiger partial charge on any atom is -0.462 e. The first-order valence-corrected chi connectivity index (χ1v) is 9.04. The molecule has 0 aromatic carbocycles. The highest BCUT2D eigenvalue weighted by atomic mass is 32.1. The largest absolute Gasteiger partial charge is 0.462 e. The molecule has 0 saturated heterocycles. The predicted octanol–water partition coefficient (Wildman–Crippen LogP) is 5.09. The van der Waals surface area contributed by atoms with Crippen LogP contribution in [0.25, 0.3) is 20.3 Å². The molecule has 0 amide bonds. The van der Waals surface area contributed by atoms with E-state index >= 15 is 0 Å². The zero-order valence-electron chi connectivity index (χ0n) is 11.6. The van der Waals surface area contributed by atoms with Gasteiger partial charge in [0.1, 0.15) is 9.88 Å². The summed E-state index contributed by atoms with van der Waals surface area (Å²) in [5.41, 5.74) is 1.97. The Morgan fingerprint density at radius 1 is 1.24 bits per heavy atom. The first-order valence-electron chi connectivity index (χ1n) is 6.46. The molecule has 0 N–H and O–H groups in total. The number of thiazole rings is 1. The molecular formula is C15H13NO2S3. The van der Waals surface area contributed by atoms with Crippen molar-refractivity contribution in [2.45, 2.75) is 13.8 Å². The van der Waals surface area contributed by atoms with Crippen LogP contribution in [-0.2, 0) is 4.74 Å². The normalized spacial score (nSPS) is 10.8. The molecule has 3 heterocycles. The van der Waals surface area contributed by atoms with Crippen molar-refractivity contribution >= 4 is 40.0 Å². The van der Waals surface area contributed by atoms with E-state index < -0.39 is 0 Å². The lowest BCUT2D eigenvalue weighted by molar-refractivity contribution is 0.0531. The third-order valence-electron chi connectivity index (χ3n) is 2.88. The molecule has 3 aromatic rings. The molecule has 3 aromatic heterocycles. The lowest BCUT2D eigenvalue weighted by Gasteiger charge is -1.97. The average Bonchev–Trinajstić information content (AvgIpc) is 3.18. The summed E-state index contributed by atoms with van der Waals surface area (Å²) in [6.45, 7) is 4.04. The van der Waals surface area contributed by atoms with Crippen molar-refractivity contribution in [2.75, 3.05) is 6.61 Å². The maximum Gasteiger partial charge on any atom is 0.350 e. The number of thiophene rings is 2. The maximum absolute atomic E-state index is 11.9. The zero-order chi connectivity index (χ0) is 14.8. The van der Waals surface area contributed by atoms with Gasteiger partial charge in [-0.05, 0) is 42.8 Å². The van der Waals surface area contributed by atoms with E-state index in [1.165, 1.54) is 21.8 Å². The van der Waals surface area contributed by atoms with Crippen molar-refractivity contribution < 1.29 is 9.53 Å². The highest BCUT2D eigenvalue weighted by Crippen LogP contribution is 2.37. The van der Waals surface area contributed by atoms with Crippen LogP contribution >= 0.6 is 34.0 Å². The SMILES string of the molecule is CCOC(=O)c1sc(-c2ccc(-c3ccsc3)s2)nc1C. The molecule has 0 aliphatic carbocycles. The van der Waals surface area contributed by atoms with Crippen LogP contribution in [0.3, 0.4) is 0 Å². The molecule has 108 valence electrons. The molecular weight excluding hydrogens is 322 g/mol. The van der Waals surface area contributed by atoms with Crippen molar-refractivity contribution in [3.05, 3.63) is 39.5 Å². The van der Waals surface area contributed by atoms with Crippen LogP contribution in [0, 0.1) is 6.92 Å². The van der Waals surface area contributed by atoms with Crippen molar-refractivity contribution in [2.24, 2.45) is 0 Å². The van der Waals surface area contributed by atoms with E-state index in [1.807, 2.05) is 13.8 Å². The standard InChI is InChI=1S/C15H13NO2S3/c1-3-18-15(17)13-9(2)16-14(21-13)12-5-4-11(20-12)10-6-7-19-8-10/h4-8H,3H2,1-2H3. The molecule has 0 bridgehead atoms. The second-order valence-corrected chi connectivity index (χ2v) is 7.19. The van der Waals surface area contributed by atoms with Gasteiger partial charge in [-0.15, -0.1) is 22.7 Å². The highest BCUT2D eigenvalue weighted by molar-refractivity contribution is 7.24. The van der Waals surface area contributed by atoms with Gasteiger partial charge in [0.25, 0.3) is 0 Å². The minimum atomic E-state index is -0.284. The van der Waals surface area contributed by atoms with Gasteiger partial charge in [0.2, 0.25) is 0 Å². The number of hydrogen-bond acceptors (Lipinski definition) is 6. The van der Waals surface area contributed by atoms with E-state index in [-0.39, 0.29) is 5.97 Å². The number of hydrogen-bond donors (Lipinski definition) is 0. The maximum atomic E-state index is 11.9. The van der Waals surface area contributed by atoms with Crippen molar-refractivity contribution in [1.29, 1.82) is 0 Å². The van der Waals surface area contributed by atoms with E-state index in [0.717, 1.165) is 15.6 Å². The molecule has 0 aliphatic heterocycles. The predicted molar refractivity (Wildman–Crippen MR) is 89.4 cm³/mol. The van der Waals surface area contributed by atoms with E-state index in [1.54, 1.807) is 22.7 Å². The lowest BCUT2D eigenvalue weighted by atomic mass is 10.3. The molecule has 21 heavy (non-hydrogen) atoms. The van der Waals surface area contributed by atoms with Crippen LogP contribution in [0.15, 0.2) is 29.0 Å². The first-order chi connectivity index (χ1) is 10.2. The zero-order valence-corrected chi connectivity index (χ0v) is 14.0. The van der Waals surface area contributed by atoms with Gasteiger partial charge in [0.05, 0.1) is 17.2 Å². The Bertz CT molecular complexity index is 756. The molecule has 0 saturated carbocycles. The Morgan fingerprint density at radius 2 is 2.05 bits per heavy atom. The van der Waals surface area contributed by atoms with Crippen molar-refractivity contribution in [3.8, 4) is 20.3 Å². The Hall–Kier alpha value is -1.50. The number of nitrogens with zero attached hydrogens (tertiary/aromatic N) is 1. The molecule has 6 heteroatoms. The second-order valence-electron chi connectivity index (χ2n) is 4.33. The van der Waals surface area contributed by atoms with Gasteiger partial charge in [-0.25, -0.2) is 9.78 Å². The number of carbonyl (C=O) groups is 1. The summed E-state index contributed by atoms with van der Waals surface area (Å²) in [4.78, 5) is 19.3. The van der Waals surface area contributed by atoms with Gasteiger partial charge in [0, 0.05) is 10.4 Å².